The van der Waals surface area contributed by atoms with Crippen molar-refractivity contribution in [3.05, 3.63) is 33.8 Å². The van der Waals surface area contributed by atoms with Gasteiger partial charge in [-0.15, -0.1) is 0 Å². The first-order chi connectivity index (χ1) is 10.5. The van der Waals surface area contributed by atoms with E-state index >= 15 is 0 Å². The number of aliphatic hydroxyl groups is 1. The van der Waals surface area contributed by atoms with Gasteiger partial charge in [-0.05, 0) is 25.1 Å². The molecule has 124 valence electrons. The minimum atomic E-state index is -0.621. The van der Waals surface area contributed by atoms with Gasteiger partial charge < -0.3 is 9.84 Å². The van der Waals surface area contributed by atoms with E-state index in [1.807, 2.05) is 0 Å². The number of hydrogen-bond acceptors (Lipinski definition) is 4. The highest BCUT2D eigenvalue weighted by Crippen LogP contribution is 2.27. The summed E-state index contributed by atoms with van der Waals surface area (Å²) in [5, 5.41) is 11.6. The zero-order chi connectivity index (χ0) is 16.1. The van der Waals surface area contributed by atoms with Crippen molar-refractivity contribution in [3.63, 3.8) is 0 Å². The van der Waals surface area contributed by atoms with Crippen LogP contribution in [0.3, 0.4) is 0 Å². The summed E-state index contributed by atoms with van der Waals surface area (Å²) in [5.41, 5.74) is 0.698. The minimum Gasteiger partial charge on any atom is -0.387 e. The number of rotatable bonds is 6. The van der Waals surface area contributed by atoms with Crippen molar-refractivity contribution in [1.29, 1.82) is 0 Å². The molecule has 0 amide bonds. The summed E-state index contributed by atoms with van der Waals surface area (Å²) in [6.45, 7) is 7.34. The van der Waals surface area contributed by atoms with Gasteiger partial charge in [-0.3, -0.25) is 9.80 Å². The summed E-state index contributed by atoms with van der Waals surface area (Å²) in [6, 6.07) is 5.66. The summed E-state index contributed by atoms with van der Waals surface area (Å²) in [5.74, 6) is 0. The third kappa shape index (κ3) is 4.82. The highest BCUT2D eigenvalue weighted by atomic mass is 35.5. The van der Waals surface area contributed by atoms with E-state index in [1.165, 1.54) is 0 Å². The fourth-order valence-corrected chi connectivity index (χ4v) is 3.31. The van der Waals surface area contributed by atoms with Gasteiger partial charge in [0.05, 0.1) is 12.7 Å². The summed E-state index contributed by atoms with van der Waals surface area (Å²) < 4.78 is 5.14. The molecule has 1 N–H and O–H groups in total. The highest BCUT2D eigenvalue weighted by Gasteiger charge is 2.25. The number of ether oxygens (including phenoxy) is 1. The fourth-order valence-electron chi connectivity index (χ4n) is 2.89. The van der Waals surface area contributed by atoms with Crippen LogP contribution in [0, 0.1) is 0 Å². The lowest BCUT2D eigenvalue weighted by Crippen LogP contribution is -2.53. The molecule has 0 unspecified atom stereocenters. The van der Waals surface area contributed by atoms with E-state index in [2.05, 4.69) is 16.7 Å². The standard InChI is InChI=1S/C16H24Cl2N2O2/c1-12-10-19(5-6-20(12)7-8-22-2)11-16(21)14-9-13(17)3-4-15(14)18/h3-4,9,12,16,21H,5-8,10-11H2,1-2H3/t12-,16+/m1/s1. The molecule has 1 aliphatic heterocycles. The van der Waals surface area contributed by atoms with Crippen molar-refractivity contribution in [1.82, 2.24) is 9.80 Å². The SMILES string of the molecule is COCCN1CCN(C[C@H](O)c2cc(Cl)ccc2Cl)C[C@H]1C. The average Bonchev–Trinajstić information content (AvgIpc) is 2.49. The van der Waals surface area contributed by atoms with Crippen LogP contribution in [0.2, 0.25) is 10.0 Å². The third-order valence-electron chi connectivity index (χ3n) is 4.18. The van der Waals surface area contributed by atoms with Crippen LogP contribution in [-0.2, 0) is 4.74 Å². The second-order valence-electron chi connectivity index (χ2n) is 5.82. The number of β-amino-alcohol motifs (C(OH)–C–C–N with tert-alkyl or cyclic N) is 1. The van der Waals surface area contributed by atoms with Crippen LogP contribution in [0.5, 0.6) is 0 Å². The molecule has 0 radical (unpaired) electrons. The highest BCUT2D eigenvalue weighted by molar-refractivity contribution is 6.33. The summed E-state index contributed by atoms with van der Waals surface area (Å²) in [4.78, 5) is 4.69. The summed E-state index contributed by atoms with van der Waals surface area (Å²) in [7, 11) is 1.73. The van der Waals surface area contributed by atoms with E-state index in [4.69, 9.17) is 27.9 Å². The summed E-state index contributed by atoms with van der Waals surface area (Å²) in [6.07, 6.45) is -0.621. The Labute approximate surface area is 142 Å². The zero-order valence-corrected chi connectivity index (χ0v) is 14.6. The van der Waals surface area contributed by atoms with Gasteiger partial charge >= 0.3 is 0 Å². The average molecular weight is 347 g/mol. The molecule has 0 aliphatic carbocycles. The van der Waals surface area contributed by atoms with E-state index in [0.29, 0.717) is 28.2 Å². The van der Waals surface area contributed by atoms with E-state index in [-0.39, 0.29) is 0 Å². The lowest BCUT2D eigenvalue weighted by atomic mass is 10.1. The Bertz CT molecular complexity index is 487. The molecule has 1 aromatic rings. The van der Waals surface area contributed by atoms with Crippen LogP contribution in [0.15, 0.2) is 18.2 Å². The van der Waals surface area contributed by atoms with Crippen molar-refractivity contribution in [2.75, 3.05) is 46.4 Å². The maximum Gasteiger partial charge on any atom is 0.0931 e. The van der Waals surface area contributed by atoms with E-state index in [9.17, 15) is 5.11 Å². The van der Waals surface area contributed by atoms with Crippen molar-refractivity contribution >= 4 is 23.2 Å². The van der Waals surface area contributed by atoms with Crippen LogP contribution in [0.1, 0.15) is 18.6 Å². The molecule has 0 saturated carbocycles. The predicted molar refractivity (Wildman–Crippen MR) is 90.8 cm³/mol. The first kappa shape index (κ1) is 18.0. The normalized spacial score (nSPS) is 22.0. The molecule has 2 atom stereocenters. The van der Waals surface area contributed by atoms with Crippen LogP contribution < -0.4 is 0 Å². The molecule has 22 heavy (non-hydrogen) atoms. The van der Waals surface area contributed by atoms with Gasteiger partial charge in [-0.25, -0.2) is 0 Å². The van der Waals surface area contributed by atoms with Crippen molar-refractivity contribution in [2.45, 2.75) is 19.1 Å². The molecule has 2 rings (SSSR count). The Hall–Kier alpha value is -0.360. The number of halogens is 2. The topological polar surface area (TPSA) is 35.9 Å². The van der Waals surface area contributed by atoms with Crippen LogP contribution in [0.25, 0.3) is 0 Å². The fraction of sp³-hybridized carbons (Fsp3) is 0.625. The molecule has 4 nitrogen and oxygen atoms in total. The maximum atomic E-state index is 10.5. The minimum absolute atomic E-state index is 0.450. The number of nitrogens with zero attached hydrogens (tertiary/aromatic N) is 2. The Morgan fingerprint density at radius 1 is 1.36 bits per heavy atom. The smallest absolute Gasteiger partial charge is 0.0931 e. The molecule has 0 bridgehead atoms. The second-order valence-corrected chi connectivity index (χ2v) is 6.66. The predicted octanol–water partition coefficient (Wildman–Crippen LogP) is 2.68. The van der Waals surface area contributed by atoms with Gasteiger partial charge in [0.15, 0.2) is 0 Å². The lowest BCUT2D eigenvalue weighted by molar-refractivity contribution is 0.0331. The first-order valence-electron chi connectivity index (χ1n) is 7.59. The number of methoxy groups -OCH3 is 1. The van der Waals surface area contributed by atoms with Gasteiger partial charge in [0.1, 0.15) is 0 Å². The van der Waals surface area contributed by atoms with E-state index in [1.54, 1.807) is 25.3 Å². The summed E-state index contributed by atoms with van der Waals surface area (Å²) >= 11 is 12.2. The van der Waals surface area contributed by atoms with Crippen LogP contribution >= 0.6 is 23.2 Å². The molecule has 1 aromatic carbocycles. The Morgan fingerprint density at radius 3 is 2.82 bits per heavy atom. The lowest BCUT2D eigenvalue weighted by Gasteiger charge is -2.40. The Kier molecular flexibility index (Phi) is 6.93. The van der Waals surface area contributed by atoms with E-state index in [0.717, 1.165) is 32.8 Å². The number of benzene rings is 1. The second kappa shape index (κ2) is 8.48. The molecule has 0 spiro atoms. The van der Waals surface area contributed by atoms with Crippen molar-refractivity contribution in [3.8, 4) is 0 Å². The Balaban J connectivity index is 1.90. The van der Waals surface area contributed by atoms with Gasteiger partial charge in [0.25, 0.3) is 0 Å². The van der Waals surface area contributed by atoms with Gasteiger partial charge in [-0.1, -0.05) is 23.2 Å². The molecule has 6 heteroatoms. The number of piperazine rings is 1. The van der Waals surface area contributed by atoms with Crippen molar-refractivity contribution < 1.29 is 9.84 Å². The first-order valence-corrected chi connectivity index (χ1v) is 8.35. The third-order valence-corrected chi connectivity index (χ3v) is 4.76. The van der Waals surface area contributed by atoms with Gasteiger partial charge in [0.2, 0.25) is 0 Å². The molecular weight excluding hydrogens is 323 g/mol. The monoisotopic (exact) mass is 346 g/mol. The molecule has 1 aliphatic rings. The van der Waals surface area contributed by atoms with Crippen molar-refractivity contribution in [2.24, 2.45) is 0 Å². The Morgan fingerprint density at radius 2 is 2.14 bits per heavy atom. The molecule has 1 saturated heterocycles. The van der Waals surface area contributed by atoms with E-state index < -0.39 is 6.10 Å². The van der Waals surface area contributed by atoms with Gasteiger partial charge in [0, 0.05) is 61.5 Å². The van der Waals surface area contributed by atoms with Crippen LogP contribution in [-0.4, -0.2) is 67.4 Å². The van der Waals surface area contributed by atoms with Gasteiger partial charge in [-0.2, -0.15) is 0 Å². The quantitative estimate of drug-likeness (QED) is 0.858. The molecular formula is C16H24Cl2N2O2. The molecule has 0 aromatic heterocycles. The number of hydrogen-bond donors (Lipinski definition) is 1. The largest absolute Gasteiger partial charge is 0.387 e. The zero-order valence-electron chi connectivity index (χ0n) is 13.1. The molecule has 1 heterocycles. The number of aliphatic hydroxyl groups excluding tert-OH is 1. The maximum absolute atomic E-state index is 10.5. The van der Waals surface area contributed by atoms with Crippen LogP contribution in [0.4, 0.5) is 0 Å². The molecule has 1 fully saturated rings.